The topological polar surface area (TPSA) is 117 Å². The smallest absolute Gasteiger partial charge is 0.406 e. The molecule has 1 fully saturated rings. The number of halogens is 3. The lowest BCUT2D eigenvalue weighted by Crippen LogP contribution is -2.41. The monoisotopic (exact) mass is 419 g/mol. The zero-order chi connectivity index (χ0) is 20.4. The molecule has 0 unspecified atom stereocenters. The number of amides is 1. The number of aromatic amines is 1. The Labute approximate surface area is 157 Å². The lowest BCUT2D eigenvalue weighted by molar-refractivity contribution is -0.274. The summed E-state index contributed by atoms with van der Waals surface area (Å²) < 4.78 is 67.4. The third-order valence-electron chi connectivity index (χ3n) is 4.16. The van der Waals surface area contributed by atoms with Crippen LogP contribution in [-0.4, -0.2) is 53.3 Å². The molecule has 28 heavy (non-hydrogen) atoms. The Balaban J connectivity index is 1.64. The summed E-state index contributed by atoms with van der Waals surface area (Å²) >= 11 is 0. The van der Waals surface area contributed by atoms with Crippen LogP contribution in [0.5, 0.6) is 5.75 Å². The van der Waals surface area contributed by atoms with Gasteiger partial charge in [0.05, 0.1) is 4.90 Å². The summed E-state index contributed by atoms with van der Waals surface area (Å²) in [6.07, 6.45) is -3.16. The Morgan fingerprint density at radius 2 is 2.00 bits per heavy atom. The normalized spacial score (nSPS) is 16.7. The number of carbonyl (C=O) groups excluding carboxylic acids is 1. The SMILES string of the molecule is O=C(Nc1ncn[nH]1)C1CCN(S(=O)(=O)c2cccc(OC(F)(F)F)c2)CC1. The first-order valence-electron chi connectivity index (χ1n) is 8.17. The average molecular weight is 419 g/mol. The highest BCUT2D eigenvalue weighted by molar-refractivity contribution is 7.89. The van der Waals surface area contributed by atoms with Crippen molar-refractivity contribution in [3.8, 4) is 5.75 Å². The Kier molecular flexibility index (Phi) is 5.56. The number of anilines is 1. The zero-order valence-corrected chi connectivity index (χ0v) is 15.1. The molecular formula is C15H16F3N5O4S. The Bertz CT molecular complexity index is 925. The molecule has 1 amide bonds. The number of ether oxygens (including phenoxy) is 1. The lowest BCUT2D eigenvalue weighted by atomic mass is 9.97. The van der Waals surface area contributed by atoms with Crippen LogP contribution in [-0.2, 0) is 14.8 Å². The molecular weight excluding hydrogens is 403 g/mol. The molecule has 0 aliphatic carbocycles. The van der Waals surface area contributed by atoms with E-state index in [1.807, 2.05) is 0 Å². The van der Waals surface area contributed by atoms with Gasteiger partial charge in [-0.05, 0) is 25.0 Å². The predicted octanol–water partition coefficient (Wildman–Crippen LogP) is 1.74. The van der Waals surface area contributed by atoms with Crippen molar-refractivity contribution in [2.75, 3.05) is 18.4 Å². The third kappa shape index (κ3) is 4.78. The second kappa shape index (κ2) is 7.75. The highest BCUT2D eigenvalue weighted by atomic mass is 32.2. The molecule has 1 saturated heterocycles. The molecule has 0 spiro atoms. The summed E-state index contributed by atoms with van der Waals surface area (Å²) in [5, 5.41) is 8.65. The molecule has 0 atom stereocenters. The summed E-state index contributed by atoms with van der Waals surface area (Å²) in [5.41, 5.74) is 0. The van der Waals surface area contributed by atoms with E-state index in [-0.39, 0.29) is 42.7 Å². The molecule has 152 valence electrons. The number of hydrogen-bond donors (Lipinski definition) is 2. The van der Waals surface area contributed by atoms with Crippen LogP contribution in [0.1, 0.15) is 12.8 Å². The molecule has 0 bridgehead atoms. The van der Waals surface area contributed by atoms with Crippen molar-refractivity contribution >= 4 is 21.9 Å². The van der Waals surface area contributed by atoms with Crippen molar-refractivity contribution in [1.82, 2.24) is 19.5 Å². The largest absolute Gasteiger partial charge is 0.573 e. The van der Waals surface area contributed by atoms with E-state index in [4.69, 9.17) is 0 Å². The number of alkyl halides is 3. The van der Waals surface area contributed by atoms with Crippen molar-refractivity contribution in [2.45, 2.75) is 24.1 Å². The van der Waals surface area contributed by atoms with Gasteiger partial charge in [0, 0.05) is 25.1 Å². The zero-order valence-electron chi connectivity index (χ0n) is 14.3. The van der Waals surface area contributed by atoms with E-state index in [9.17, 15) is 26.4 Å². The number of H-pyrrole nitrogens is 1. The quantitative estimate of drug-likeness (QED) is 0.763. The molecule has 2 N–H and O–H groups in total. The standard InChI is InChI=1S/C15H16F3N5O4S/c16-15(17,18)27-11-2-1-3-12(8-11)28(25,26)23-6-4-10(5-7-23)13(24)21-14-19-9-20-22-14/h1-3,8-10H,4-7H2,(H2,19,20,21,22,24). The first kappa shape index (κ1) is 20.1. The van der Waals surface area contributed by atoms with E-state index in [1.54, 1.807) is 0 Å². The molecule has 0 radical (unpaired) electrons. The number of benzene rings is 1. The summed E-state index contributed by atoms with van der Waals surface area (Å²) in [4.78, 5) is 15.7. The maximum atomic E-state index is 12.7. The van der Waals surface area contributed by atoms with E-state index in [1.165, 1.54) is 18.5 Å². The van der Waals surface area contributed by atoms with Gasteiger partial charge in [-0.1, -0.05) is 6.07 Å². The minimum Gasteiger partial charge on any atom is -0.406 e. The van der Waals surface area contributed by atoms with Crippen molar-refractivity contribution in [2.24, 2.45) is 5.92 Å². The summed E-state index contributed by atoms with van der Waals surface area (Å²) in [7, 11) is -4.01. The van der Waals surface area contributed by atoms with E-state index in [0.29, 0.717) is 0 Å². The molecule has 2 aromatic rings. The van der Waals surface area contributed by atoms with Gasteiger partial charge in [0.2, 0.25) is 21.9 Å². The van der Waals surface area contributed by atoms with Gasteiger partial charge in [-0.25, -0.2) is 13.5 Å². The van der Waals surface area contributed by atoms with Crippen LogP contribution in [0.25, 0.3) is 0 Å². The van der Waals surface area contributed by atoms with Gasteiger partial charge in [-0.15, -0.1) is 13.2 Å². The second-order valence-electron chi connectivity index (χ2n) is 6.02. The van der Waals surface area contributed by atoms with Crippen LogP contribution in [0, 0.1) is 5.92 Å². The number of sulfonamides is 1. The lowest BCUT2D eigenvalue weighted by Gasteiger charge is -2.30. The number of piperidine rings is 1. The molecule has 1 aromatic heterocycles. The molecule has 1 aliphatic rings. The van der Waals surface area contributed by atoms with E-state index in [2.05, 4.69) is 25.2 Å². The maximum absolute atomic E-state index is 12.7. The summed E-state index contributed by atoms with van der Waals surface area (Å²) in [6.45, 7) is 0.113. The number of rotatable bonds is 5. The Morgan fingerprint density at radius 1 is 1.29 bits per heavy atom. The van der Waals surface area contributed by atoms with Gasteiger partial charge in [0.1, 0.15) is 12.1 Å². The van der Waals surface area contributed by atoms with Crippen molar-refractivity contribution < 1.29 is 31.1 Å². The molecule has 13 heteroatoms. The fraction of sp³-hybridized carbons (Fsp3) is 0.400. The highest BCUT2D eigenvalue weighted by Crippen LogP contribution is 2.28. The third-order valence-corrected chi connectivity index (χ3v) is 6.05. The van der Waals surface area contributed by atoms with Crippen LogP contribution in [0.3, 0.4) is 0 Å². The number of nitrogens with zero attached hydrogens (tertiary/aromatic N) is 3. The Morgan fingerprint density at radius 3 is 2.61 bits per heavy atom. The first-order chi connectivity index (χ1) is 13.1. The van der Waals surface area contributed by atoms with Gasteiger partial charge in [-0.2, -0.15) is 14.4 Å². The molecule has 2 heterocycles. The summed E-state index contributed by atoms with van der Waals surface area (Å²) in [5.74, 6) is -1.15. The van der Waals surface area contributed by atoms with Crippen molar-refractivity contribution in [3.05, 3.63) is 30.6 Å². The van der Waals surface area contributed by atoms with E-state index < -0.39 is 28.1 Å². The van der Waals surface area contributed by atoms with E-state index in [0.717, 1.165) is 16.4 Å². The van der Waals surface area contributed by atoms with Gasteiger partial charge < -0.3 is 4.74 Å². The minimum atomic E-state index is -4.92. The molecule has 9 nitrogen and oxygen atoms in total. The molecule has 1 aliphatic heterocycles. The maximum Gasteiger partial charge on any atom is 0.573 e. The number of aromatic nitrogens is 3. The van der Waals surface area contributed by atoms with Crippen molar-refractivity contribution in [3.63, 3.8) is 0 Å². The van der Waals surface area contributed by atoms with Gasteiger partial charge >= 0.3 is 6.36 Å². The van der Waals surface area contributed by atoms with Crippen molar-refractivity contribution in [1.29, 1.82) is 0 Å². The fourth-order valence-corrected chi connectivity index (χ4v) is 4.33. The molecule has 0 saturated carbocycles. The number of hydrogen-bond acceptors (Lipinski definition) is 6. The van der Waals surface area contributed by atoms with Crippen LogP contribution >= 0.6 is 0 Å². The van der Waals surface area contributed by atoms with E-state index >= 15 is 0 Å². The predicted molar refractivity (Wildman–Crippen MR) is 89.6 cm³/mol. The van der Waals surface area contributed by atoms with Gasteiger partial charge in [0.25, 0.3) is 0 Å². The van der Waals surface area contributed by atoms with Crippen LogP contribution in [0.2, 0.25) is 0 Å². The Hall–Kier alpha value is -2.67. The first-order valence-corrected chi connectivity index (χ1v) is 9.61. The van der Waals surface area contributed by atoms with Crippen LogP contribution in [0.15, 0.2) is 35.5 Å². The molecule has 3 rings (SSSR count). The van der Waals surface area contributed by atoms with Crippen LogP contribution < -0.4 is 10.1 Å². The fourth-order valence-electron chi connectivity index (χ4n) is 2.82. The second-order valence-corrected chi connectivity index (χ2v) is 7.96. The average Bonchev–Trinajstić information content (AvgIpc) is 3.13. The van der Waals surface area contributed by atoms with Gasteiger partial charge in [0.15, 0.2) is 0 Å². The minimum absolute atomic E-state index is 0.0567. The van der Waals surface area contributed by atoms with Crippen LogP contribution in [0.4, 0.5) is 19.1 Å². The number of nitrogens with one attached hydrogen (secondary N) is 2. The molecule has 1 aromatic carbocycles. The van der Waals surface area contributed by atoms with Gasteiger partial charge in [-0.3, -0.25) is 10.1 Å². The summed E-state index contributed by atoms with van der Waals surface area (Å²) in [6, 6.07) is 4.21. The number of carbonyl (C=O) groups is 1. The highest BCUT2D eigenvalue weighted by Gasteiger charge is 2.34.